The van der Waals surface area contributed by atoms with Crippen LogP contribution in [0.5, 0.6) is 0 Å². The molecule has 22 heavy (non-hydrogen) atoms. The van der Waals surface area contributed by atoms with E-state index < -0.39 is 0 Å². The minimum Gasteiger partial charge on any atom is -0.355 e. The summed E-state index contributed by atoms with van der Waals surface area (Å²) in [5.74, 6) is 1.80. The molecule has 0 aliphatic carbocycles. The second-order valence-corrected chi connectivity index (χ2v) is 6.35. The lowest BCUT2D eigenvalue weighted by Gasteiger charge is -2.31. The molecular formula is C15H24N6O. The van der Waals surface area contributed by atoms with Gasteiger partial charge in [0.25, 0.3) is 0 Å². The number of rotatable bonds is 2. The van der Waals surface area contributed by atoms with Crippen LogP contribution in [0.3, 0.4) is 0 Å². The van der Waals surface area contributed by atoms with Gasteiger partial charge in [0.1, 0.15) is 5.82 Å². The Balaban J connectivity index is 2.00. The lowest BCUT2D eigenvalue weighted by atomic mass is 10.0. The smallest absolute Gasteiger partial charge is 0.227 e. The molecule has 1 atom stereocenters. The molecule has 7 nitrogen and oxygen atoms in total. The normalized spacial score (nSPS) is 21.0. The van der Waals surface area contributed by atoms with Crippen molar-refractivity contribution in [2.75, 3.05) is 43.5 Å². The zero-order valence-electron chi connectivity index (χ0n) is 13.5. The van der Waals surface area contributed by atoms with Gasteiger partial charge in [-0.05, 0) is 12.8 Å². The third-order valence-electron chi connectivity index (χ3n) is 4.40. The molecule has 3 rings (SSSR count). The first-order valence-corrected chi connectivity index (χ1v) is 7.79. The standard InChI is InChI=1S/C15H24N6O/c1-10(22)20-7-5-12-13(9-20)17-15(19(2)3)18-14(12)21-6-4-11(16)8-21/h11H,4-9,16H2,1-3H3. The molecule has 1 amide bonds. The lowest BCUT2D eigenvalue weighted by Crippen LogP contribution is -2.37. The SMILES string of the molecule is CC(=O)N1CCc2c(nc(N(C)C)nc2N2CCC(N)C2)C1. The molecule has 2 aliphatic heterocycles. The van der Waals surface area contributed by atoms with Crippen LogP contribution in [0.25, 0.3) is 0 Å². The maximum Gasteiger partial charge on any atom is 0.227 e. The van der Waals surface area contributed by atoms with Crippen molar-refractivity contribution in [1.29, 1.82) is 0 Å². The van der Waals surface area contributed by atoms with Crippen LogP contribution in [0.1, 0.15) is 24.6 Å². The summed E-state index contributed by atoms with van der Waals surface area (Å²) in [4.78, 5) is 27.1. The second kappa shape index (κ2) is 5.72. The van der Waals surface area contributed by atoms with E-state index in [2.05, 4.69) is 9.88 Å². The van der Waals surface area contributed by atoms with E-state index in [-0.39, 0.29) is 11.9 Å². The summed E-state index contributed by atoms with van der Waals surface area (Å²) >= 11 is 0. The van der Waals surface area contributed by atoms with Crippen LogP contribution in [-0.4, -0.2) is 60.5 Å². The molecule has 3 heterocycles. The van der Waals surface area contributed by atoms with E-state index in [0.717, 1.165) is 44.0 Å². The number of amides is 1. The van der Waals surface area contributed by atoms with Gasteiger partial charge < -0.3 is 20.4 Å². The first-order valence-electron chi connectivity index (χ1n) is 7.79. The number of carbonyl (C=O) groups excluding carboxylic acids is 1. The molecule has 1 saturated heterocycles. The van der Waals surface area contributed by atoms with Crippen LogP contribution in [0.2, 0.25) is 0 Å². The number of carbonyl (C=O) groups is 1. The summed E-state index contributed by atoms with van der Waals surface area (Å²) in [7, 11) is 3.87. The molecule has 1 unspecified atom stereocenters. The highest BCUT2D eigenvalue weighted by Crippen LogP contribution is 2.30. The third-order valence-corrected chi connectivity index (χ3v) is 4.40. The number of aromatic nitrogens is 2. The Kier molecular flexibility index (Phi) is 3.90. The summed E-state index contributed by atoms with van der Waals surface area (Å²) in [6.07, 6.45) is 1.80. The van der Waals surface area contributed by atoms with Gasteiger partial charge in [0.05, 0.1) is 12.2 Å². The van der Waals surface area contributed by atoms with E-state index in [1.165, 1.54) is 5.56 Å². The summed E-state index contributed by atoms with van der Waals surface area (Å²) in [5.41, 5.74) is 8.20. The minimum absolute atomic E-state index is 0.0976. The molecule has 7 heteroatoms. The van der Waals surface area contributed by atoms with Crippen molar-refractivity contribution in [3.05, 3.63) is 11.3 Å². The van der Waals surface area contributed by atoms with Gasteiger partial charge in [0.15, 0.2) is 0 Å². The van der Waals surface area contributed by atoms with Crippen LogP contribution < -0.4 is 15.5 Å². The Labute approximate surface area is 131 Å². The van der Waals surface area contributed by atoms with Crippen LogP contribution in [0, 0.1) is 0 Å². The highest BCUT2D eigenvalue weighted by atomic mass is 16.2. The zero-order chi connectivity index (χ0) is 15.9. The Hall–Kier alpha value is -1.89. The zero-order valence-corrected chi connectivity index (χ0v) is 13.5. The number of anilines is 2. The first kappa shape index (κ1) is 15.0. The van der Waals surface area contributed by atoms with Crippen molar-refractivity contribution in [3.8, 4) is 0 Å². The largest absolute Gasteiger partial charge is 0.355 e. The van der Waals surface area contributed by atoms with Crippen molar-refractivity contribution in [1.82, 2.24) is 14.9 Å². The van der Waals surface area contributed by atoms with Gasteiger partial charge in [-0.3, -0.25) is 4.79 Å². The van der Waals surface area contributed by atoms with E-state index in [1.807, 2.05) is 23.9 Å². The molecule has 0 radical (unpaired) electrons. The maximum atomic E-state index is 11.7. The van der Waals surface area contributed by atoms with Gasteiger partial charge >= 0.3 is 0 Å². The number of hydrogen-bond acceptors (Lipinski definition) is 6. The molecule has 120 valence electrons. The third kappa shape index (κ3) is 2.72. The Morgan fingerprint density at radius 3 is 2.68 bits per heavy atom. The predicted octanol–water partition coefficient (Wildman–Crippen LogP) is -0.0154. The quantitative estimate of drug-likeness (QED) is 0.827. The number of fused-ring (bicyclic) bond motifs is 1. The number of hydrogen-bond donors (Lipinski definition) is 1. The van der Waals surface area contributed by atoms with Gasteiger partial charge in [-0.15, -0.1) is 0 Å². The van der Waals surface area contributed by atoms with Gasteiger partial charge in [-0.1, -0.05) is 0 Å². The van der Waals surface area contributed by atoms with E-state index in [1.54, 1.807) is 6.92 Å². The van der Waals surface area contributed by atoms with Crippen molar-refractivity contribution >= 4 is 17.7 Å². The monoisotopic (exact) mass is 304 g/mol. The van der Waals surface area contributed by atoms with Crippen molar-refractivity contribution in [2.45, 2.75) is 32.4 Å². The Morgan fingerprint density at radius 1 is 1.32 bits per heavy atom. The molecule has 2 aliphatic rings. The molecule has 1 fully saturated rings. The number of nitrogens with zero attached hydrogens (tertiary/aromatic N) is 5. The van der Waals surface area contributed by atoms with Gasteiger partial charge in [-0.2, -0.15) is 4.98 Å². The topological polar surface area (TPSA) is 78.6 Å². The predicted molar refractivity (Wildman–Crippen MR) is 86.0 cm³/mol. The van der Waals surface area contributed by atoms with E-state index >= 15 is 0 Å². The van der Waals surface area contributed by atoms with E-state index in [0.29, 0.717) is 12.5 Å². The average Bonchev–Trinajstić information content (AvgIpc) is 2.91. The minimum atomic E-state index is 0.0976. The molecule has 1 aromatic rings. The fourth-order valence-electron chi connectivity index (χ4n) is 3.11. The summed E-state index contributed by atoms with van der Waals surface area (Å²) in [5, 5.41) is 0. The average molecular weight is 304 g/mol. The molecule has 0 bridgehead atoms. The molecule has 0 spiro atoms. The van der Waals surface area contributed by atoms with Crippen LogP contribution in [-0.2, 0) is 17.8 Å². The van der Waals surface area contributed by atoms with Crippen LogP contribution >= 0.6 is 0 Å². The number of nitrogens with two attached hydrogens (primary N) is 1. The van der Waals surface area contributed by atoms with Gasteiger partial charge in [0.2, 0.25) is 11.9 Å². The summed E-state index contributed by atoms with van der Waals surface area (Å²) < 4.78 is 0. The highest BCUT2D eigenvalue weighted by Gasteiger charge is 2.29. The summed E-state index contributed by atoms with van der Waals surface area (Å²) in [6, 6.07) is 0.214. The summed E-state index contributed by atoms with van der Waals surface area (Å²) in [6.45, 7) is 4.70. The van der Waals surface area contributed by atoms with Crippen molar-refractivity contribution in [2.24, 2.45) is 5.73 Å². The maximum absolute atomic E-state index is 11.7. The lowest BCUT2D eigenvalue weighted by molar-refractivity contribution is -0.129. The molecule has 2 N–H and O–H groups in total. The molecule has 0 aromatic carbocycles. The van der Waals surface area contributed by atoms with Crippen molar-refractivity contribution in [3.63, 3.8) is 0 Å². The van der Waals surface area contributed by atoms with E-state index in [4.69, 9.17) is 10.7 Å². The fourth-order valence-corrected chi connectivity index (χ4v) is 3.11. The van der Waals surface area contributed by atoms with Crippen LogP contribution in [0.15, 0.2) is 0 Å². The van der Waals surface area contributed by atoms with Gasteiger partial charge in [0, 0.05) is 52.3 Å². The fraction of sp³-hybridized carbons (Fsp3) is 0.667. The first-order chi connectivity index (χ1) is 10.5. The van der Waals surface area contributed by atoms with Crippen molar-refractivity contribution < 1.29 is 4.79 Å². The van der Waals surface area contributed by atoms with E-state index in [9.17, 15) is 4.79 Å². The Bertz CT molecular complexity index is 588. The van der Waals surface area contributed by atoms with Crippen LogP contribution in [0.4, 0.5) is 11.8 Å². The molecular weight excluding hydrogens is 280 g/mol. The second-order valence-electron chi connectivity index (χ2n) is 6.35. The Morgan fingerprint density at radius 2 is 2.09 bits per heavy atom. The molecule has 1 aromatic heterocycles. The molecule has 0 saturated carbocycles. The van der Waals surface area contributed by atoms with Gasteiger partial charge in [-0.25, -0.2) is 4.98 Å². The highest BCUT2D eigenvalue weighted by molar-refractivity contribution is 5.73.